The van der Waals surface area contributed by atoms with E-state index in [2.05, 4.69) is 5.32 Å². The van der Waals surface area contributed by atoms with E-state index in [1.54, 1.807) is 0 Å². The minimum Gasteiger partial charge on any atom is -0.347 e. The van der Waals surface area contributed by atoms with Crippen LogP contribution in [0.15, 0.2) is 24.3 Å². The van der Waals surface area contributed by atoms with Gasteiger partial charge in [0.25, 0.3) is 5.91 Å². The summed E-state index contributed by atoms with van der Waals surface area (Å²) in [6, 6.07) is 7.57. The quantitative estimate of drug-likeness (QED) is 0.772. The van der Waals surface area contributed by atoms with Crippen LogP contribution in [0.4, 0.5) is 0 Å². The van der Waals surface area contributed by atoms with E-state index in [9.17, 15) is 4.79 Å². The summed E-state index contributed by atoms with van der Waals surface area (Å²) < 4.78 is 0. The molecule has 0 spiro atoms. The molecule has 0 aliphatic heterocycles. The van der Waals surface area contributed by atoms with Gasteiger partial charge in [-0.15, -0.1) is 0 Å². The topological polar surface area (TPSA) is 29.1 Å². The van der Waals surface area contributed by atoms with Crippen molar-refractivity contribution >= 4 is 5.91 Å². The monoisotopic (exact) mass is 221 g/mol. The highest BCUT2D eigenvalue weighted by molar-refractivity contribution is 5.94. The SMILES string of the molecule is CC.Cc1ccc(C(=O)NC(C)(C)C)cc1. The zero-order valence-electron chi connectivity index (χ0n) is 11.2. The van der Waals surface area contributed by atoms with Gasteiger partial charge in [-0.3, -0.25) is 4.79 Å². The molecule has 0 fully saturated rings. The Morgan fingerprint density at radius 3 is 1.88 bits per heavy atom. The van der Waals surface area contributed by atoms with Gasteiger partial charge in [-0.1, -0.05) is 31.5 Å². The average Bonchev–Trinajstić information content (AvgIpc) is 2.19. The number of hydrogen-bond acceptors (Lipinski definition) is 1. The smallest absolute Gasteiger partial charge is 0.251 e. The number of benzene rings is 1. The Morgan fingerprint density at radius 2 is 1.50 bits per heavy atom. The third-order valence-corrected chi connectivity index (χ3v) is 1.80. The highest BCUT2D eigenvalue weighted by atomic mass is 16.1. The molecule has 0 atom stereocenters. The minimum absolute atomic E-state index is 0.0162. The van der Waals surface area contributed by atoms with Crippen LogP contribution in [-0.4, -0.2) is 11.4 Å². The van der Waals surface area contributed by atoms with Gasteiger partial charge in [0.1, 0.15) is 0 Å². The van der Waals surface area contributed by atoms with Crippen molar-refractivity contribution in [3.8, 4) is 0 Å². The molecule has 0 saturated carbocycles. The summed E-state index contributed by atoms with van der Waals surface area (Å²) in [6.45, 7) is 11.9. The summed E-state index contributed by atoms with van der Waals surface area (Å²) in [4.78, 5) is 11.7. The van der Waals surface area contributed by atoms with E-state index in [1.165, 1.54) is 0 Å². The molecule has 0 aromatic heterocycles. The fraction of sp³-hybridized carbons (Fsp3) is 0.500. The Morgan fingerprint density at radius 1 is 1.06 bits per heavy atom. The van der Waals surface area contributed by atoms with Crippen molar-refractivity contribution in [1.82, 2.24) is 5.32 Å². The van der Waals surface area contributed by atoms with E-state index in [0.717, 1.165) is 5.56 Å². The van der Waals surface area contributed by atoms with Crippen LogP contribution in [0, 0.1) is 6.92 Å². The van der Waals surface area contributed by atoms with Crippen LogP contribution in [0.25, 0.3) is 0 Å². The molecule has 90 valence electrons. The first-order valence-corrected chi connectivity index (χ1v) is 5.78. The van der Waals surface area contributed by atoms with E-state index < -0.39 is 0 Å². The maximum absolute atomic E-state index is 11.7. The lowest BCUT2D eigenvalue weighted by atomic mass is 10.1. The first-order chi connectivity index (χ1) is 7.38. The van der Waals surface area contributed by atoms with E-state index in [4.69, 9.17) is 0 Å². The molecule has 2 nitrogen and oxygen atoms in total. The van der Waals surface area contributed by atoms with Crippen LogP contribution in [0.3, 0.4) is 0 Å². The molecule has 0 aliphatic rings. The van der Waals surface area contributed by atoms with Crippen LogP contribution >= 0.6 is 0 Å². The lowest BCUT2D eigenvalue weighted by molar-refractivity contribution is 0.0919. The average molecular weight is 221 g/mol. The second-order valence-corrected chi connectivity index (χ2v) is 4.57. The molecule has 0 aliphatic carbocycles. The predicted molar refractivity (Wildman–Crippen MR) is 69.7 cm³/mol. The van der Waals surface area contributed by atoms with E-state index >= 15 is 0 Å². The summed E-state index contributed by atoms with van der Waals surface area (Å²) in [5.41, 5.74) is 1.70. The maximum Gasteiger partial charge on any atom is 0.251 e. The fourth-order valence-electron chi connectivity index (χ4n) is 1.12. The Kier molecular flexibility index (Phi) is 5.79. The van der Waals surface area contributed by atoms with Gasteiger partial charge in [0.2, 0.25) is 0 Å². The van der Waals surface area contributed by atoms with Crippen molar-refractivity contribution in [3.05, 3.63) is 35.4 Å². The number of amides is 1. The highest BCUT2D eigenvalue weighted by Crippen LogP contribution is 2.06. The first-order valence-electron chi connectivity index (χ1n) is 5.78. The molecule has 0 heterocycles. The molecule has 1 aromatic rings. The maximum atomic E-state index is 11.7. The number of carbonyl (C=O) groups excluding carboxylic acids is 1. The summed E-state index contributed by atoms with van der Waals surface area (Å²) in [5.74, 6) is -0.0162. The molecular weight excluding hydrogens is 198 g/mol. The standard InChI is InChI=1S/C12H17NO.C2H6/c1-9-5-7-10(8-6-9)11(14)13-12(2,3)4;1-2/h5-8H,1-4H3,(H,13,14);1-2H3. The minimum atomic E-state index is -0.179. The predicted octanol–water partition coefficient (Wildman–Crippen LogP) is 3.55. The van der Waals surface area contributed by atoms with Crippen LogP contribution in [0.2, 0.25) is 0 Å². The molecule has 16 heavy (non-hydrogen) atoms. The number of carbonyl (C=O) groups is 1. The van der Waals surface area contributed by atoms with E-state index in [-0.39, 0.29) is 11.4 Å². The molecular formula is C14H23NO. The van der Waals surface area contributed by atoms with Crippen LogP contribution in [0.1, 0.15) is 50.5 Å². The number of nitrogens with one attached hydrogen (secondary N) is 1. The van der Waals surface area contributed by atoms with Crippen molar-refractivity contribution in [3.63, 3.8) is 0 Å². The lowest BCUT2D eigenvalue weighted by Crippen LogP contribution is -2.40. The van der Waals surface area contributed by atoms with Crippen molar-refractivity contribution in [1.29, 1.82) is 0 Å². The lowest BCUT2D eigenvalue weighted by Gasteiger charge is -2.20. The van der Waals surface area contributed by atoms with Gasteiger partial charge in [-0.05, 0) is 39.8 Å². The number of hydrogen-bond donors (Lipinski definition) is 1. The Labute approximate surface area is 99.1 Å². The van der Waals surface area contributed by atoms with Crippen molar-refractivity contribution in [2.24, 2.45) is 0 Å². The molecule has 1 N–H and O–H groups in total. The van der Waals surface area contributed by atoms with Gasteiger partial charge in [-0.2, -0.15) is 0 Å². The van der Waals surface area contributed by atoms with Crippen molar-refractivity contribution < 1.29 is 4.79 Å². The molecule has 1 amide bonds. The number of rotatable bonds is 1. The zero-order valence-corrected chi connectivity index (χ0v) is 11.2. The highest BCUT2D eigenvalue weighted by Gasteiger charge is 2.14. The van der Waals surface area contributed by atoms with Crippen LogP contribution < -0.4 is 5.32 Å². The van der Waals surface area contributed by atoms with Gasteiger partial charge >= 0.3 is 0 Å². The van der Waals surface area contributed by atoms with Crippen molar-refractivity contribution in [2.45, 2.75) is 47.1 Å². The Hall–Kier alpha value is -1.31. The third kappa shape index (κ3) is 5.54. The Bertz CT molecular complexity index is 320. The molecule has 0 radical (unpaired) electrons. The fourth-order valence-corrected chi connectivity index (χ4v) is 1.12. The van der Waals surface area contributed by atoms with Gasteiger partial charge in [-0.25, -0.2) is 0 Å². The molecule has 0 saturated heterocycles. The van der Waals surface area contributed by atoms with Gasteiger partial charge in [0.15, 0.2) is 0 Å². The second-order valence-electron chi connectivity index (χ2n) is 4.57. The molecule has 2 heteroatoms. The second kappa shape index (κ2) is 6.31. The van der Waals surface area contributed by atoms with E-state index in [0.29, 0.717) is 5.56 Å². The molecule has 1 aromatic carbocycles. The van der Waals surface area contributed by atoms with Gasteiger partial charge in [0, 0.05) is 11.1 Å². The largest absolute Gasteiger partial charge is 0.347 e. The van der Waals surface area contributed by atoms with Crippen molar-refractivity contribution in [2.75, 3.05) is 0 Å². The summed E-state index contributed by atoms with van der Waals surface area (Å²) in [5, 5.41) is 2.92. The number of aryl methyl sites for hydroxylation is 1. The van der Waals surface area contributed by atoms with Crippen LogP contribution in [-0.2, 0) is 0 Å². The third-order valence-electron chi connectivity index (χ3n) is 1.80. The summed E-state index contributed by atoms with van der Waals surface area (Å²) >= 11 is 0. The van der Waals surface area contributed by atoms with Gasteiger partial charge in [0.05, 0.1) is 0 Å². The molecule has 1 rings (SSSR count). The van der Waals surface area contributed by atoms with Crippen LogP contribution in [0.5, 0.6) is 0 Å². The summed E-state index contributed by atoms with van der Waals surface area (Å²) in [7, 11) is 0. The first kappa shape index (κ1) is 14.7. The van der Waals surface area contributed by atoms with Gasteiger partial charge < -0.3 is 5.32 Å². The van der Waals surface area contributed by atoms with E-state index in [1.807, 2.05) is 65.8 Å². The molecule has 0 unspecified atom stereocenters. The molecule has 0 bridgehead atoms. The Balaban J connectivity index is 0.00000106. The normalized spacial score (nSPS) is 10.1. The summed E-state index contributed by atoms with van der Waals surface area (Å²) in [6.07, 6.45) is 0. The zero-order chi connectivity index (χ0) is 12.8.